The fraction of sp³-hybridized carbons (Fsp3) is 0.957. The van der Waals surface area contributed by atoms with Crippen LogP contribution >= 0.6 is 0 Å². The molecule has 0 aromatic heterocycles. The summed E-state index contributed by atoms with van der Waals surface area (Å²) in [5.41, 5.74) is 0. The Morgan fingerprint density at radius 3 is 2.21 bits per heavy atom. The maximum Gasteiger partial charge on any atom is 0.219 e. The third-order valence-electron chi connectivity index (χ3n) is 7.87. The quantitative estimate of drug-likeness (QED) is 0.697. The van der Waals surface area contributed by atoms with Gasteiger partial charge in [-0.15, -0.1) is 0 Å². The van der Waals surface area contributed by atoms with Gasteiger partial charge in [-0.25, -0.2) is 0 Å². The molecule has 160 valence electrons. The number of carbonyl (C=O) groups excluding carboxylic acids is 1. The lowest BCUT2D eigenvalue weighted by atomic mass is 9.92. The molecule has 1 aliphatic carbocycles. The van der Waals surface area contributed by atoms with Gasteiger partial charge < -0.3 is 14.5 Å². The smallest absolute Gasteiger partial charge is 0.219 e. The predicted molar refractivity (Wildman–Crippen MR) is 112 cm³/mol. The second kappa shape index (κ2) is 9.90. The largest absolute Gasteiger partial charge is 0.377 e. The van der Waals surface area contributed by atoms with Gasteiger partial charge in [0.15, 0.2) is 0 Å². The van der Waals surface area contributed by atoms with Crippen molar-refractivity contribution >= 4 is 5.91 Å². The molecule has 5 heteroatoms. The van der Waals surface area contributed by atoms with Gasteiger partial charge in [-0.05, 0) is 70.4 Å². The lowest BCUT2D eigenvalue weighted by Crippen LogP contribution is -2.50. The minimum absolute atomic E-state index is 0.239. The molecule has 0 bridgehead atoms. The number of amides is 1. The summed E-state index contributed by atoms with van der Waals surface area (Å²) in [4.78, 5) is 19.3. The van der Waals surface area contributed by atoms with Crippen LogP contribution in [0.2, 0.25) is 0 Å². The van der Waals surface area contributed by atoms with Crippen molar-refractivity contribution in [2.24, 2.45) is 5.92 Å². The van der Waals surface area contributed by atoms with E-state index in [-0.39, 0.29) is 5.91 Å². The van der Waals surface area contributed by atoms with Gasteiger partial charge in [0.1, 0.15) is 0 Å². The van der Waals surface area contributed by atoms with Crippen LogP contribution in [0.5, 0.6) is 0 Å². The van der Waals surface area contributed by atoms with E-state index in [4.69, 9.17) is 4.74 Å². The maximum absolute atomic E-state index is 11.7. The molecule has 0 radical (unpaired) electrons. The molecule has 4 rings (SSSR count). The van der Waals surface area contributed by atoms with Crippen molar-refractivity contribution in [3.63, 3.8) is 0 Å². The van der Waals surface area contributed by atoms with E-state index < -0.39 is 0 Å². The fourth-order valence-corrected chi connectivity index (χ4v) is 6.07. The summed E-state index contributed by atoms with van der Waals surface area (Å²) in [6.45, 7) is 9.49. The number of hydrogen-bond acceptors (Lipinski definition) is 4. The molecular weight excluding hydrogens is 350 g/mol. The first-order chi connectivity index (χ1) is 13.7. The zero-order valence-corrected chi connectivity index (χ0v) is 18.0. The van der Waals surface area contributed by atoms with Gasteiger partial charge in [0.25, 0.3) is 0 Å². The average molecular weight is 392 g/mol. The summed E-state index contributed by atoms with van der Waals surface area (Å²) in [7, 11) is 0. The van der Waals surface area contributed by atoms with E-state index in [0.717, 1.165) is 51.0 Å². The maximum atomic E-state index is 11.7. The van der Waals surface area contributed by atoms with Crippen LogP contribution in [0.3, 0.4) is 0 Å². The number of piperidine rings is 2. The topological polar surface area (TPSA) is 36.0 Å². The van der Waals surface area contributed by atoms with E-state index in [0.29, 0.717) is 12.1 Å². The summed E-state index contributed by atoms with van der Waals surface area (Å²) in [5, 5.41) is 0. The van der Waals surface area contributed by atoms with E-state index in [1.54, 1.807) is 6.92 Å². The molecule has 0 N–H and O–H groups in total. The Balaban J connectivity index is 1.30. The van der Waals surface area contributed by atoms with Crippen molar-refractivity contribution < 1.29 is 9.53 Å². The first-order valence-corrected chi connectivity index (χ1v) is 12.0. The zero-order valence-electron chi connectivity index (χ0n) is 18.0. The van der Waals surface area contributed by atoms with Crippen molar-refractivity contribution in [3.8, 4) is 0 Å². The molecule has 4 aliphatic rings. The van der Waals surface area contributed by atoms with Crippen molar-refractivity contribution in [2.75, 3.05) is 45.9 Å². The monoisotopic (exact) mass is 391 g/mol. The van der Waals surface area contributed by atoms with Crippen molar-refractivity contribution in [2.45, 2.75) is 89.3 Å². The standard InChI is InChI=1S/C23H41N3O2/c1-19(27)24-14-10-22(11-15-24)26(18-23-7-4-16-28-23)17-20-8-12-25(13-9-20)21-5-2-3-6-21/h20-23H,2-18H2,1H3. The Labute approximate surface area is 171 Å². The van der Waals surface area contributed by atoms with Crippen molar-refractivity contribution in [1.29, 1.82) is 0 Å². The number of hydrogen-bond donors (Lipinski definition) is 0. The van der Waals surface area contributed by atoms with E-state index in [2.05, 4.69) is 9.80 Å². The lowest BCUT2D eigenvalue weighted by molar-refractivity contribution is -0.130. The zero-order chi connectivity index (χ0) is 19.3. The molecule has 4 fully saturated rings. The summed E-state index contributed by atoms with van der Waals surface area (Å²) in [6, 6.07) is 1.52. The Kier molecular flexibility index (Phi) is 7.29. The van der Waals surface area contributed by atoms with Crippen LogP contribution in [0.25, 0.3) is 0 Å². The summed E-state index contributed by atoms with van der Waals surface area (Å²) < 4.78 is 5.99. The fourth-order valence-electron chi connectivity index (χ4n) is 6.07. The SMILES string of the molecule is CC(=O)N1CCC(N(CC2CCN(C3CCCC3)CC2)CC2CCCO2)CC1. The van der Waals surface area contributed by atoms with E-state index in [1.165, 1.54) is 71.0 Å². The highest BCUT2D eigenvalue weighted by atomic mass is 16.5. The van der Waals surface area contributed by atoms with Crippen LogP contribution in [-0.4, -0.2) is 84.7 Å². The molecule has 5 nitrogen and oxygen atoms in total. The van der Waals surface area contributed by atoms with Gasteiger partial charge in [0, 0.05) is 51.8 Å². The van der Waals surface area contributed by atoms with Gasteiger partial charge in [-0.3, -0.25) is 9.69 Å². The van der Waals surface area contributed by atoms with Crippen LogP contribution in [0.4, 0.5) is 0 Å². The first-order valence-electron chi connectivity index (χ1n) is 12.0. The Morgan fingerprint density at radius 2 is 1.61 bits per heavy atom. The molecule has 1 unspecified atom stereocenters. The van der Waals surface area contributed by atoms with Gasteiger partial charge in [0.05, 0.1) is 6.10 Å². The summed E-state index contributed by atoms with van der Waals surface area (Å²) in [6.07, 6.45) is 13.6. The lowest BCUT2D eigenvalue weighted by Gasteiger charge is -2.42. The highest BCUT2D eigenvalue weighted by Crippen LogP contribution is 2.29. The number of nitrogens with zero attached hydrogens (tertiary/aromatic N) is 3. The number of likely N-dealkylation sites (tertiary alicyclic amines) is 2. The van der Waals surface area contributed by atoms with E-state index >= 15 is 0 Å². The molecule has 0 aromatic rings. The number of carbonyl (C=O) groups is 1. The van der Waals surface area contributed by atoms with Gasteiger partial charge >= 0.3 is 0 Å². The summed E-state index contributed by atoms with van der Waals surface area (Å²) >= 11 is 0. The molecule has 1 amide bonds. The van der Waals surface area contributed by atoms with Gasteiger partial charge in [-0.1, -0.05) is 12.8 Å². The van der Waals surface area contributed by atoms with Crippen LogP contribution < -0.4 is 0 Å². The highest BCUT2D eigenvalue weighted by Gasteiger charge is 2.32. The third-order valence-corrected chi connectivity index (χ3v) is 7.87. The third kappa shape index (κ3) is 5.28. The Morgan fingerprint density at radius 1 is 0.893 bits per heavy atom. The Hall–Kier alpha value is -0.650. The molecule has 1 atom stereocenters. The van der Waals surface area contributed by atoms with Crippen molar-refractivity contribution in [1.82, 2.24) is 14.7 Å². The molecule has 3 aliphatic heterocycles. The molecule has 0 spiro atoms. The van der Waals surface area contributed by atoms with Crippen LogP contribution in [0, 0.1) is 5.92 Å². The first kappa shape index (κ1) is 20.6. The minimum atomic E-state index is 0.239. The normalized spacial score (nSPS) is 29.2. The second-order valence-electron chi connectivity index (χ2n) is 9.74. The van der Waals surface area contributed by atoms with Crippen LogP contribution in [0.15, 0.2) is 0 Å². The molecule has 3 saturated heterocycles. The van der Waals surface area contributed by atoms with Crippen molar-refractivity contribution in [3.05, 3.63) is 0 Å². The number of ether oxygens (including phenoxy) is 1. The Bertz CT molecular complexity index is 486. The highest BCUT2D eigenvalue weighted by molar-refractivity contribution is 5.73. The number of rotatable bonds is 6. The molecule has 1 saturated carbocycles. The molecule has 3 heterocycles. The summed E-state index contributed by atoms with van der Waals surface area (Å²) in [5.74, 6) is 1.08. The van der Waals surface area contributed by atoms with Crippen LogP contribution in [-0.2, 0) is 9.53 Å². The van der Waals surface area contributed by atoms with E-state index in [9.17, 15) is 4.79 Å². The predicted octanol–water partition coefficient (Wildman–Crippen LogP) is 3.13. The average Bonchev–Trinajstić information content (AvgIpc) is 3.42. The van der Waals surface area contributed by atoms with E-state index in [1.807, 2.05) is 4.90 Å². The van der Waals surface area contributed by atoms with Gasteiger partial charge in [-0.2, -0.15) is 0 Å². The molecule has 28 heavy (non-hydrogen) atoms. The molecule has 0 aromatic carbocycles. The second-order valence-corrected chi connectivity index (χ2v) is 9.74. The minimum Gasteiger partial charge on any atom is -0.377 e. The van der Waals surface area contributed by atoms with Gasteiger partial charge in [0.2, 0.25) is 5.91 Å². The molecular formula is C23H41N3O2. The van der Waals surface area contributed by atoms with Crippen LogP contribution in [0.1, 0.15) is 71.1 Å².